The fourth-order valence-corrected chi connectivity index (χ4v) is 2.43. The zero-order chi connectivity index (χ0) is 13.7. The van der Waals surface area contributed by atoms with Crippen molar-refractivity contribution in [1.29, 1.82) is 0 Å². The first-order valence-corrected chi connectivity index (χ1v) is 7.22. The molecule has 19 heavy (non-hydrogen) atoms. The molecular formula is C14H17BrN4. The first-order chi connectivity index (χ1) is 9.24. The summed E-state index contributed by atoms with van der Waals surface area (Å²) in [5.41, 5.74) is 2.15. The van der Waals surface area contributed by atoms with Crippen molar-refractivity contribution in [1.82, 2.24) is 15.0 Å². The van der Waals surface area contributed by atoms with Crippen LogP contribution < -0.4 is 5.32 Å². The topological polar surface area (TPSA) is 50.7 Å². The lowest BCUT2D eigenvalue weighted by molar-refractivity contribution is 0.891. The van der Waals surface area contributed by atoms with Crippen molar-refractivity contribution in [3.63, 3.8) is 0 Å². The average molecular weight is 321 g/mol. The molecule has 0 aliphatic carbocycles. The third kappa shape index (κ3) is 3.50. The Morgan fingerprint density at radius 2 is 2.11 bits per heavy atom. The van der Waals surface area contributed by atoms with Gasteiger partial charge in [0, 0.05) is 25.4 Å². The molecule has 5 heteroatoms. The Hall–Kier alpha value is -1.49. The number of pyridine rings is 1. The van der Waals surface area contributed by atoms with Gasteiger partial charge in [-0.3, -0.25) is 4.98 Å². The van der Waals surface area contributed by atoms with E-state index in [0.717, 1.165) is 40.3 Å². The number of hydrogen-bond donors (Lipinski definition) is 1. The summed E-state index contributed by atoms with van der Waals surface area (Å²) in [5, 5.41) is 3.26. The van der Waals surface area contributed by atoms with Gasteiger partial charge < -0.3 is 5.32 Å². The van der Waals surface area contributed by atoms with Crippen LogP contribution in [0.2, 0.25) is 0 Å². The first-order valence-electron chi connectivity index (χ1n) is 6.42. The number of aromatic nitrogens is 3. The summed E-state index contributed by atoms with van der Waals surface area (Å²) in [6.45, 7) is 4.99. The van der Waals surface area contributed by atoms with E-state index in [4.69, 9.17) is 0 Å². The Bertz CT molecular complexity index is 543. The predicted octanol–water partition coefficient (Wildman–Crippen LogP) is 3.22. The molecule has 2 aromatic heterocycles. The van der Waals surface area contributed by atoms with Gasteiger partial charge in [-0.25, -0.2) is 9.97 Å². The second-order valence-electron chi connectivity index (χ2n) is 4.17. The number of nitrogens with one attached hydrogen (secondary N) is 1. The summed E-state index contributed by atoms with van der Waals surface area (Å²) in [6.07, 6.45) is 5.20. The van der Waals surface area contributed by atoms with Crippen molar-refractivity contribution in [3.05, 3.63) is 46.1 Å². The maximum absolute atomic E-state index is 4.60. The van der Waals surface area contributed by atoms with Gasteiger partial charge in [0.05, 0.1) is 10.2 Å². The quantitative estimate of drug-likeness (QED) is 0.919. The van der Waals surface area contributed by atoms with Crippen molar-refractivity contribution >= 4 is 21.7 Å². The number of halogens is 1. The second kappa shape index (κ2) is 6.61. The molecule has 2 heterocycles. The minimum atomic E-state index is 0.701. The highest BCUT2D eigenvalue weighted by Gasteiger charge is 2.11. The lowest BCUT2D eigenvalue weighted by Crippen LogP contribution is -2.08. The van der Waals surface area contributed by atoms with Crippen LogP contribution in [-0.2, 0) is 12.8 Å². The van der Waals surface area contributed by atoms with Crippen LogP contribution in [0.15, 0.2) is 29.0 Å². The lowest BCUT2D eigenvalue weighted by atomic mass is 10.2. The molecule has 0 aliphatic rings. The molecule has 0 atom stereocenters. The van der Waals surface area contributed by atoms with Crippen LogP contribution in [0.25, 0.3) is 0 Å². The highest BCUT2D eigenvalue weighted by molar-refractivity contribution is 9.10. The molecule has 0 fully saturated rings. The van der Waals surface area contributed by atoms with E-state index >= 15 is 0 Å². The molecular weight excluding hydrogens is 304 g/mol. The molecule has 0 aliphatic heterocycles. The number of rotatable bonds is 5. The van der Waals surface area contributed by atoms with Crippen LogP contribution in [0.4, 0.5) is 5.82 Å². The van der Waals surface area contributed by atoms with Crippen molar-refractivity contribution in [2.75, 3.05) is 11.9 Å². The molecule has 1 N–H and O–H groups in total. The van der Waals surface area contributed by atoms with Crippen LogP contribution in [-0.4, -0.2) is 21.5 Å². The Kier molecular flexibility index (Phi) is 4.85. The number of aryl methyl sites for hydroxylation is 1. The van der Waals surface area contributed by atoms with Crippen molar-refractivity contribution < 1.29 is 0 Å². The van der Waals surface area contributed by atoms with E-state index in [1.165, 1.54) is 0 Å². The minimum Gasteiger partial charge on any atom is -0.369 e. The van der Waals surface area contributed by atoms with E-state index in [-0.39, 0.29) is 0 Å². The third-order valence-corrected chi connectivity index (χ3v) is 3.56. The second-order valence-corrected chi connectivity index (χ2v) is 4.96. The monoisotopic (exact) mass is 320 g/mol. The zero-order valence-electron chi connectivity index (χ0n) is 11.2. The Labute approximate surface area is 121 Å². The van der Waals surface area contributed by atoms with E-state index in [1.807, 2.05) is 18.3 Å². The molecule has 2 rings (SSSR count). The van der Waals surface area contributed by atoms with Crippen LogP contribution in [0.3, 0.4) is 0 Å². The summed E-state index contributed by atoms with van der Waals surface area (Å²) < 4.78 is 0.965. The van der Waals surface area contributed by atoms with Gasteiger partial charge >= 0.3 is 0 Å². The predicted molar refractivity (Wildman–Crippen MR) is 80.3 cm³/mol. The molecule has 0 unspecified atom stereocenters. The van der Waals surface area contributed by atoms with Crippen LogP contribution in [0, 0.1) is 0 Å². The summed E-state index contributed by atoms with van der Waals surface area (Å²) in [6, 6.07) is 3.97. The van der Waals surface area contributed by atoms with Crippen LogP contribution >= 0.6 is 15.9 Å². The van der Waals surface area contributed by atoms with E-state index in [2.05, 4.69) is 50.0 Å². The molecule has 0 saturated heterocycles. The molecule has 0 saturated carbocycles. The highest BCUT2D eigenvalue weighted by atomic mass is 79.9. The smallest absolute Gasteiger partial charge is 0.144 e. The van der Waals surface area contributed by atoms with Gasteiger partial charge in [-0.05, 0) is 40.9 Å². The summed E-state index contributed by atoms with van der Waals surface area (Å²) >= 11 is 3.56. The first kappa shape index (κ1) is 13.9. The molecule has 0 bridgehead atoms. The SMILES string of the molecule is CCNc1nc(Cc2cccnc2)nc(CC)c1Br. The van der Waals surface area contributed by atoms with Gasteiger partial charge in [0.1, 0.15) is 11.6 Å². The van der Waals surface area contributed by atoms with Gasteiger partial charge in [0.25, 0.3) is 0 Å². The maximum Gasteiger partial charge on any atom is 0.144 e. The fourth-order valence-electron chi connectivity index (χ4n) is 1.83. The van der Waals surface area contributed by atoms with E-state index in [1.54, 1.807) is 6.20 Å². The maximum atomic E-state index is 4.60. The molecule has 0 spiro atoms. The van der Waals surface area contributed by atoms with Crippen LogP contribution in [0.5, 0.6) is 0 Å². The van der Waals surface area contributed by atoms with Gasteiger partial charge in [0.15, 0.2) is 0 Å². The normalized spacial score (nSPS) is 10.5. The van der Waals surface area contributed by atoms with Crippen LogP contribution in [0.1, 0.15) is 30.9 Å². The fraction of sp³-hybridized carbons (Fsp3) is 0.357. The van der Waals surface area contributed by atoms with E-state index in [9.17, 15) is 0 Å². The lowest BCUT2D eigenvalue weighted by Gasteiger charge is -2.11. The molecule has 2 aromatic rings. The Morgan fingerprint density at radius 3 is 2.74 bits per heavy atom. The largest absolute Gasteiger partial charge is 0.369 e. The van der Waals surface area contributed by atoms with Crippen molar-refractivity contribution in [3.8, 4) is 0 Å². The molecule has 0 radical (unpaired) electrons. The number of anilines is 1. The summed E-state index contributed by atoms with van der Waals surface area (Å²) in [4.78, 5) is 13.3. The van der Waals surface area contributed by atoms with E-state index in [0.29, 0.717) is 6.42 Å². The zero-order valence-corrected chi connectivity index (χ0v) is 12.7. The van der Waals surface area contributed by atoms with Gasteiger partial charge in [-0.15, -0.1) is 0 Å². The van der Waals surface area contributed by atoms with Gasteiger partial charge in [-0.1, -0.05) is 13.0 Å². The summed E-state index contributed by atoms with van der Waals surface area (Å²) in [5.74, 6) is 1.69. The average Bonchev–Trinajstić information content (AvgIpc) is 2.43. The van der Waals surface area contributed by atoms with Crippen molar-refractivity contribution in [2.24, 2.45) is 0 Å². The van der Waals surface area contributed by atoms with E-state index < -0.39 is 0 Å². The molecule has 100 valence electrons. The third-order valence-electron chi connectivity index (χ3n) is 2.73. The van der Waals surface area contributed by atoms with Gasteiger partial charge in [-0.2, -0.15) is 0 Å². The standard InChI is InChI=1S/C14H17BrN4/c1-3-11-13(15)14(17-4-2)19-12(18-11)8-10-6-5-7-16-9-10/h5-7,9H,3-4,8H2,1-2H3,(H,17,18,19). The number of nitrogens with zero attached hydrogens (tertiary/aromatic N) is 3. The highest BCUT2D eigenvalue weighted by Crippen LogP contribution is 2.24. The Morgan fingerprint density at radius 1 is 1.26 bits per heavy atom. The molecule has 0 amide bonds. The number of hydrogen-bond acceptors (Lipinski definition) is 4. The Balaban J connectivity index is 2.32. The summed E-state index contributed by atoms with van der Waals surface area (Å²) in [7, 11) is 0. The molecule has 0 aromatic carbocycles. The van der Waals surface area contributed by atoms with Gasteiger partial charge in [0.2, 0.25) is 0 Å². The molecule has 4 nitrogen and oxygen atoms in total. The minimum absolute atomic E-state index is 0.701. The van der Waals surface area contributed by atoms with Crippen molar-refractivity contribution in [2.45, 2.75) is 26.7 Å².